The molecule has 1 aromatic heterocycles. The molecule has 1 aliphatic rings. The zero-order chi connectivity index (χ0) is 22.9. The van der Waals surface area contributed by atoms with Crippen molar-refractivity contribution in [1.82, 2.24) is 9.29 Å². The SMILES string of the molecule is COc1ccc(C)cc1-c1csc(NC(=O)[C@@H]2CCCN2S(=O)(=O)c2ccc(F)cc2)n1. The van der Waals surface area contributed by atoms with Gasteiger partial charge in [0.2, 0.25) is 15.9 Å². The van der Waals surface area contributed by atoms with Crippen molar-refractivity contribution in [3.63, 3.8) is 0 Å². The number of hydrogen-bond donors (Lipinski definition) is 1. The summed E-state index contributed by atoms with van der Waals surface area (Å²) in [6, 6.07) is 9.50. The summed E-state index contributed by atoms with van der Waals surface area (Å²) in [4.78, 5) is 17.4. The molecule has 1 amide bonds. The standard InChI is InChI=1S/C22H22FN3O4S2/c1-14-5-10-20(30-2)17(12-14)18-13-31-22(24-18)25-21(27)19-4-3-11-26(19)32(28,29)16-8-6-15(23)7-9-16/h5-10,12-13,19H,3-4,11H2,1-2H3,(H,24,25,27)/t19-/m0/s1. The number of amides is 1. The number of ether oxygens (including phenoxy) is 1. The molecule has 1 aliphatic heterocycles. The summed E-state index contributed by atoms with van der Waals surface area (Å²) in [5.41, 5.74) is 2.52. The third kappa shape index (κ3) is 4.38. The van der Waals surface area contributed by atoms with Crippen LogP contribution in [0.1, 0.15) is 18.4 Å². The van der Waals surface area contributed by atoms with Crippen LogP contribution in [0.25, 0.3) is 11.3 Å². The molecule has 0 saturated carbocycles. The summed E-state index contributed by atoms with van der Waals surface area (Å²) in [7, 11) is -2.34. The molecule has 7 nitrogen and oxygen atoms in total. The van der Waals surface area contributed by atoms with E-state index in [-0.39, 0.29) is 11.4 Å². The molecule has 1 N–H and O–H groups in total. The summed E-state index contributed by atoms with van der Waals surface area (Å²) in [6.45, 7) is 2.19. The maximum absolute atomic E-state index is 13.2. The van der Waals surface area contributed by atoms with Crippen LogP contribution in [0.3, 0.4) is 0 Å². The van der Waals surface area contributed by atoms with Gasteiger partial charge in [-0.05, 0) is 56.2 Å². The minimum absolute atomic E-state index is 0.0401. The van der Waals surface area contributed by atoms with Gasteiger partial charge in [-0.3, -0.25) is 4.79 Å². The van der Waals surface area contributed by atoms with Crippen LogP contribution in [0.4, 0.5) is 9.52 Å². The molecular weight excluding hydrogens is 453 g/mol. The number of aromatic nitrogens is 1. The first-order valence-electron chi connectivity index (χ1n) is 9.98. The maximum atomic E-state index is 13.2. The number of rotatable bonds is 6. The molecule has 2 aromatic carbocycles. The average Bonchev–Trinajstić information content (AvgIpc) is 3.44. The van der Waals surface area contributed by atoms with Crippen molar-refractivity contribution in [2.24, 2.45) is 0 Å². The topological polar surface area (TPSA) is 88.6 Å². The Hall–Kier alpha value is -2.82. The fourth-order valence-corrected chi connectivity index (χ4v) is 6.07. The maximum Gasteiger partial charge on any atom is 0.244 e. The van der Waals surface area contributed by atoms with Gasteiger partial charge in [-0.2, -0.15) is 4.31 Å². The summed E-state index contributed by atoms with van der Waals surface area (Å²) in [5.74, 6) is -0.291. The van der Waals surface area contributed by atoms with E-state index in [9.17, 15) is 17.6 Å². The van der Waals surface area contributed by atoms with E-state index < -0.39 is 27.8 Å². The van der Waals surface area contributed by atoms with Gasteiger partial charge in [-0.1, -0.05) is 11.6 Å². The number of halogens is 1. The van der Waals surface area contributed by atoms with Crippen molar-refractivity contribution in [3.05, 3.63) is 59.2 Å². The van der Waals surface area contributed by atoms with Crippen molar-refractivity contribution in [2.75, 3.05) is 19.0 Å². The van der Waals surface area contributed by atoms with Gasteiger partial charge in [0.1, 0.15) is 17.6 Å². The summed E-state index contributed by atoms with van der Waals surface area (Å²) in [5, 5.41) is 4.94. The van der Waals surface area contributed by atoms with Gasteiger partial charge in [0.05, 0.1) is 17.7 Å². The van der Waals surface area contributed by atoms with Crippen molar-refractivity contribution >= 4 is 32.4 Å². The predicted octanol–water partition coefficient (Wildman–Crippen LogP) is 4.06. The minimum Gasteiger partial charge on any atom is -0.496 e. The Morgan fingerprint density at radius 3 is 2.72 bits per heavy atom. The van der Waals surface area contributed by atoms with Gasteiger partial charge in [-0.15, -0.1) is 11.3 Å². The van der Waals surface area contributed by atoms with Crippen molar-refractivity contribution in [3.8, 4) is 17.0 Å². The Labute approximate surface area is 189 Å². The van der Waals surface area contributed by atoms with Gasteiger partial charge >= 0.3 is 0 Å². The highest BCUT2D eigenvalue weighted by Crippen LogP contribution is 2.33. The molecule has 0 aliphatic carbocycles. The second-order valence-electron chi connectivity index (χ2n) is 7.46. The average molecular weight is 476 g/mol. The lowest BCUT2D eigenvalue weighted by molar-refractivity contribution is -0.119. The van der Waals surface area contributed by atoms with Crippen LogP contribution < -0.4 is 10.1 Å². The highest BCUT2D eigenvalue weighted by Gasteiger charge is 2.39. The highest BCUT2D eigenvalue weighted by molar-refractivity contribution is 7.89. The predicted molar refractivity (Wildman–Crippen MR) is 121 cm³/mol. The van der Waals surface area contributed by atoms with Crippen LogP contribution >= 0.6 is 11.3 Å². The first-order valence-corrected chi connectivity index (χ1v) is 12.3. The molecule has 168 valence electrons. The molecular formula is C22H22FN3O4S2. The first-order chi connectivity index (χ1) is 15.3. The third-order valence-corrected chi connectivity index (χ3v) is 7.97. The van der Waals surface area contributed by atoms with Crippen molar-refractivity contribution in [2.45, 2.75) is 30.7 Å². The number of hydrogen-bond acceptors (Lipinski definition) is 6. The largest absolute Gasteiger partial charge is 0.496 e. The molecule has 10 heteroatoms. The molecule has 1 atom stereocenters. The highest BCUT2D eigenvalue weighted by atomic mass is 32.2. The number of carbonyl (C=O) groups is 1. The van der Waals surface area contributed by atoms with Crippen LogP contribution in [0.2, 0.25) is 0 Å². The molecule has 1 saturated heterocycles. The van der Waals surface area contributed by atoms with Crippen LogP contribution in [-0.4, -0.2) is 43.3 Å². The van der Waals surface area contributed by atoms with Gasteiger partial charge < -0.3 is 10.1 Å². The molecule has 0 spiro atoms. The second-order valence-corrected chi connectivity index (χ2v) is 10.2. The van der Waals surface area contributed by atoms with Gasteiger partial charge in [0, 0.05) is 17.5 Å². The van der Waals surface area contributed by atoms with Gasteiger partial charge in [-0.25, -0.2) is 17.8 Å². The van der Waals surface area contributed by atoms with Crippen LogP contribution in [0, 0.1) is 12.7 Å². The monoisotopic (exact) mass is 475 g/mol. The summed E-state index contributed by atoms with van der Waals surface area (Å²) in [6.07, 6.45) is 0.957. The fraction of sp³-hybridized carbons (Fsp3) is 0.273. The lowest BCUT2D eigenvalue weighted by Gasteiger charge is -2.23. The molecule has 2 heterocycles. The third-order valence-electron chi connectivity index (χ3n) is 5.29. The number of nitrogens with zero attached hydrogens (tertiary/aromatic N) is 2. The number of methoxy groups -OCH3 is 1. The Bertz CT molecular complexity index is 1240. The van der Waals surface area contributed by atoms with Gasteiger partial charge in [0.25, 0.3) is 0 Å². The van der Waals surface area contributed by atoms with E-state index in [0.717, 1.165) is 23.3 Å². The number of thiazole rings is 1. The van der Waals surface area contributed by atoms with Crippen molar-refractivity contribution < 1.29 is 22.3 Å². The number of aryl methyl sites for hydroxylation is 1. The molecule has 1 fully saturated rings. The van der Waals surface area contributed by atoms with Crippen LogP contribution in [0.15, 0.2) is 52.7 Å². The molecule has 0 radical (unpaired) electrons. The zero-order valence-electron chi connectivity index (χ0n) is 17.5. The van der Waals surface area contributed by atoms with Gasteiger partial charge in [0.15, 0.2) is 5.13 Å². The van der Waals surface area contributed by atoms with Crippen LogP contribution in [0.5, 0.6) is 5.75 Å². The van der Waals surface area contributed by atoms with E-state index in [1.807, 2.05) is 30.5 Å². The van der Waals surface area contributed by atoms with E-state index in [1.54, 1.807) is 7.11 Å². The molecule has 0 bridgehead atoms. The number of sulfonamides is 1. The number of carbonyl (C=O) groups excluding carboxylic acids is 1. The van der Waals surface area contributed by atoms with Crippen molar-refractivity contribution in [1.29, 1.82) is 0 Å². The first kappa shape index (κ1) is 22.4. The van der Waals surface area contributed by atoms with E-state index in [1.165, 1.54) is 27.8 Å². The smallest absolute Gasteiger partial charge is 0.244 e. The zero-order valence-corrected chi connectivity index (χ0v) is 19.2. The summed E-state index contributed by atoms with van der Waals surface area (Å²) >= 11 is 1.26. The van der Waals surface area contributed by atoms with E-state index in [2.05, 4.69) is 10.3 Å². The molecule has 3 aromatic rings. The normalized spacial score (nSPS) is 16.8. The Morgan fingerprint density at radius 2 is 2.00 bits per heavy atom. The lowest BCUT2D eigenvalue weighted by atomic mass is 10.1. The number of anilines is 1. The quantitative estimate of drug-likeness (QED) is 0.581. The van der Waals surface area contributed by atoms with E-state index in [0.29, 0.717) is 29.4 Å². The molecule has 32 heavy (non-hydrogen) atoms. The van der Waals surface area contributed by atoms with Crippen LogP contribution in [-0.2, 0) is 14.8 Å². The second kappa shape index (κ2) is 8.97. The molecule has 4 rings (SSSR count). The number of nitrogens with one attached hydrogen (secondary N) is 1. The Kier molecular flexibility index (Phi) is 6.27. The Balaban J connectivity index is 1.53. The van der Waals surface area contributed by atoms with E-state index in [4.69, 9.17) is 4.74 Å². The number of benzene rings is 2. The minimum atomic E-state index is -3.92. The fourth-order valence-electron chi connectivity index (χ4n) is 3.70. The lowest BCUT2D eigenvalue weighted by Crippen LogP contribution is -2.43. The Morgan fingerprint density at radius 1 is 1.25 bits per heavy atom. The summed E-state index contributed by atoms with van der Waals surface area (Å²) < 4.78 is 45.8. The van der Waals surface area contributed by atoms with E-state index >= 15 is 0 Å². The molecule has 0 unspecified atom stereocenters.